The monoisotopic (exact) mass is 556 g/mol. The van der Waals surface area contributed by atoms with Gasteiger partial charge in [-0.2, -0.15) is 0 Å². The van der Waals surface area contributed by atoms with Gasteiger partial charge in [0.1, 0.15) is 5.75 Å². The maximum Gasteiger partial charge on any atom is 0.118 e. The summed E-state index contributed by atoms with van der Waals surface area (Å²) in [5.74, 6) is 0.881. The molecule has 0 heterocycles. The minimum Gasteiger partial charge on any atom is -0.497 e. The molecule has 0 atom stereocenters. The van der Waals surface area contributed by atoms with Crippen molar-refractivity contribution in [1.29, 1.82) is 0 Å². The van der Waals surface area contributed by atoms with Gasteiger partial charge in [-0.05, 0) is 112 Å². The predicted molar refractivity (Wildman–Crippen MR) is 184 cm³/mol. The van der Waals surface area contributed by atoms with Crippen LogP contribution in [0, 0.1) is 0 Å². The number of fused-ring (bicyclic) bond motifs is 3. The van der Waals surface area contributed by atoms with Gasteiger partial charge in [-0.15, -0.1) is 0 Å². The van der Waals surface area contributed by atoms with Crippen molar-refractivity contribution in [1.82, 2.24) is 0 Å². The Labute approximate surface area is 254 Å². The van der Waals surface area contributed by atoms with Gasteiger partial charge in [0, 0.05) is 5.41 Å². The van der Waals surface area contributed by atoms with E-state index >= 15 is 0 Å². The van der Waals surface area contributed by atoms with Gasteiger partial charge in [-0.25, -0.2) is 0 Å². The fourth-order valence-electron chi connectivity index (χ4n) is 7.37. The van der Waals surface area contributed by atoms with Crippen molar-refractivity contribution in [2.24, 2.45) is 0 Å². The molecule has 43 heavy (non-hydrogen) atoms. The van der Waals surface area contributed by atoms with Crippen LogP contribution in [0.2, 0.25) is 0 Å². The van der Waals surface area contributed by atoms with Gasteiger partial charge in [0.15, 0.2) is 0 Å². The maximum atomic E-state index is 5.38. The summed E-state index contributed by atoms with van der Waals surface area (Å²) < 4.78 is 5.38. The summed E-state index contributed by atoms with van der Waals surface area (Å²) in [6.45, 7) is 11.6. The smallest absolute Gasteiger partial charge is 0.118 e. The molecule has 1 aliphatic carbocycles. The van der Waals surface area contributed by atoms with Crippen LogP contribution >= 0.6 is 0 Å². The molecule has 8 rings (SSSR count). The summed E-state index contributed by atoms with van der Waals surface area (Å²) in [6, 6.07) is 41.1. The molecule has 0 saturated carbocycles. The third-order valence-corrected chi connectivity index (χ3v) is 9.88. The van der Waals surface area contributed by atoms with E-state index in [0.717, 1.165) is 5.75 Å². The largest absolute Gasteiger partial charge is 0.497 e. The van der Waals surface area contributed by atoms with Crippen molar-refractivity contribution in [3.05, 3.63) is 126 Å². The molecule has 1 aliphatic rings. The summed E-state index contributed by atoms with van der Waals surface area (Å²) in [5, 5.41) is 8.05. The van der Waals surface area contributed by atoms with E-state index in [9.17, 15) is 0 Å². The fraction of sp³-hybridized carbons (Fsp3) is 0.190. The molecule has 0 radical (unpaired) electrons. The van der Waals surface area contributed by atoms with Crippen molar-refractivity contribution in [3.63, 3.8) is 0 Å². The van der Waals surface area contributed by atoms with E-state index in [1.807, 2.05) is 12.1 Å². The zero-order valence-corrected chi connectivity index (χ0v) is 25.8. The van der Waals surface area contributed by atoms with E-state index < -0.39 is 0 Å². The summed E-state index contributed by atoms with van der Waals surface area (Å²) in [4.78, 5) is 0. The topological polar surface area (TPSA) is 9.23 Å². The molecular formula is C42H36O. The summed E-state index contributed by atoms with van der Waals surface area (Å²) >= 11 is 0. The first-order valence-corrected chi connectivity index (χ1v) is 15.3. The molecule has 0 aliphatic heterocycles. The van der Waals surface area contributed by atoms with Gasteiger partial charge in [-0.3, -0.25) is 0 Å². The molecule has 1 heteroatoms. The van der Waals surface area contributed by atoms with Crippen LogP contribution < -0.4 is 4.74 Å². The Morgan fingerprint density at radius 1 is 0.512 bits per heavy atom. The lowest BCUT2D eigenvalue weighted by Crippen LogP contribution is -2.15. The van der Waals surface area contributed by atoms with Crippen molar-refractivity contribution in [2.45, 2.75) is 45.4 Å². The number of ether oxygens (including phenoxy) is 1. The van der Waals surface area contributed by atoms with E-state index in [2.05, 4.69) is 132 Å². The van der Waals surface area contributed by atoms with Gasteiger partial charge >= 0.3 is 0 Å². The first kappa shape index (κ1) is 26.0. The first-order chi connectivity index (χ1) is 20.6. The molecule has 7 aromatic carbocycles. The standard InChI is InChI=1S/C42H36O/c1-41(2,3)31-21-29-8-7-26-11-17-33(36-20-14-30(22-31)39(29)40(26)36)28-13-19-35-34-18-12-27(25-9-15-32(43-6)16-10-25)23-37(34)42(4,5)38(35)24-28/h7-24H,1-6H3. The van der Waals surface area contributed by atoms with E-state index in [-0.39, 0.29) is 10.8 Å². The van der Waals surface area contributed by atoms with Gasteiger partial charge in [0.2, 0.25) is 0 Å². The second kappa shape index (κ2) is 8.94. The molecule has 0 amide bonds. The van der Waals surface area contributed by atoms with E-state index in [0.29, 0.717) is 0 Å². The minimum atomic E-state index is -0.101. The second-order valence-corrected chi connectivity index (χ2v) is 13.8. The normalized spacial score (nSPS) is 14.0. The third-order valence-electron chi connectivity index (χ3n) is 9.88. The van der Waals surface area contributed by atoms with Crippen molar-refractivity contribution >= 4 is 32.3 Å². The number of hydrogen-bond acceptors (Lipinski definition) is 1. The summed E-state index contributed by atoms with van der Waals surface area (Å²) in [5.41, 5.74) is 11.9. The van der Waals surface area contributed by atoms with Crippen LogP contribution in [0.3, 0.4) is 0 Å². The van der Waals surface area contributed by atoms with Crippen LogP contribution in [0.15, 0.2) is 109 Å². The third kappa shape index (κ3) is 3.84. The quantitative estimate of drug-likeness (QED) is 0.197. The predicted octanol–water partition coefficient (Wildman–Crippen LogP) is 11.5. The van der Waals surface area contributed by atoms with E-state index in [1.165, 1.54) is 82.4 Å². The highest BCUT2D eigenvalue weighted by atomic mass is 16.5. The Morgan fingerprint density at radius 3 is 1.70 bits per heavy atom. The molecule has 0 N–H and O–H groups in total. The van der Waals surface area contributed by atoms with Crippen LogP contribution in [0.5, 0.6) is 5.75 Å². The number of hydrogen-bond donors (Lipinski definition) is 0. The minimum absolute atomic E-state index is 0.101. The van der Waals surface area contributed by atoms with Crippen molar-refractivity contribution < 1.29 is 4.74 Å². The van der Waals surface area contributed by atoms with Crippen LogP contribution in [0.1, 0.15) is 51.3 Å². The zero-order chi connectivity index (χ0) is 29.7. The highest BCUT2D eigenvalue weighted by Gasteiger charge is 2.36. The average molecular weight is 557 g/mol. The SMILES string of the molecule is COc1ccc(-c2ccc3c(c2)C(C)(C)c2cc(-c4ccc5ccc6cc(C(C)(C)C)cc7ccc4c5c67)ccc2-3)cc1. The van der Waals surface area contributed by atoms with Crippen LogP contribution in [-0.2, 0) is 10.8 Å². The summed E-state index contributed by atoms with van der Waals surface area (Å²) in [7, 11) is 1.71. The fourth-order valence-corrected chi connectivity index (χ4v) is 7.37. The Kier molecular flexibility index (Phi) is 5.42. The number of rotatable bonds is 3. The summed E-state index contributed by atoms with van der Waals surface area (Å²) in [6.07, 6.45) is 0. The lowest BCUT2D eigenvalue weighted by molar-refractivity contribution is 0.415. The van der Waals surface area contributed by atoms with Crippen LogP contribution in [-0.4, -0.2) is 7.11 Å². The van der Waals surface area contributed by atoms with Gasteiger partial charge < -0.3 is 4.74 Å². The van der Waals surface area contributed by atoms with Crippen LogP contribution in [0.25, 0.3) is 65.7 Å². The molecule has 0 saturated heterocycles. The van der Waals surface area contributed by atoms with Crippen LogP contribution in [0.4, 0.5) is 0 Å². The lowest BCUT2D eigenvalue weighted by Gasteiger charge is -2.23. The zero-order valence-electron chi connectivity index (χ0n) is 25.8. The highest BCUT2D eigenvalue weighted by Crippen LogP contribution is 2.51. The lowest BCUT2D eigenvalue weighted by atomic mass is 9.80. The Morgan fingerprint density at radius 2 is 1.05 bits per heavy atom. The molecule has 210 valence electrons. The van der Waals surface area contributed by atoms with E-state index in [1.54, 1.807) is 7.11 Å². The Bertz CT molecular complexity index is 2190. The Hall–Kier alpha value is -4.62. The van der Waals surface area contributed by atoms with Gasteiger partial charge in [-0.1, -0.05) is 120 Å². The van der Waals surface area contributed by atoms with Crippen molar-refractivity contribution in [2.75, 3.05) is 7.11 Å². The molecule has 0 aromatic heterocycles. The molecule has 0 bridgehead atoms. The molecule has 0 fully saturated rings. The molecule has 0 spiro atoms. The molecular weight excluding hydrogens is 520 g/mol. The molecule has 1 nitrogen and oxygen atoms in total. The number of benzene rings is 7. The second-order valence-electron chi connectivity index (χ2n) is 13.8. The molecule has 7 aromatic rings. The van der Waals surface area contributed by atoms with Gasteiger partial charge in [0.05, 0.1) is 7.11 Å². The van der Waals surface area contributed by atoms with E-state index in [4.69, 9.17) is 4.74 Å². The number of methoxy groups -OCH3 is 1. The van der Waals surface area contributed by atoms with Gasteiger partial charge in [0.25, 0.3) is 0 Å². The Balaban J connectivity index is 1.26. The molecule has 0 unspecified atom stereocenters. The first-order valence-electron chi connectivity index (χ1n) is 15.3. The average Bonchev–Trinajstić information content (AvgIpc) is 3.24. The van der Waals surface area contributed by atoms with Crippen molar-refractivity contribution in [3.8, 4) is 39.1 Å². The highest BCUT2D eigenvalue weighted by molar-refractivity contribution is 6.25. The maximum absolute atomic E-state index is 5.38.